The quantitative estimate of drug-likeness (QED) is 0.0967. The van der Waals surface area contributed by atoms with Crippen molar-refractivity contribution in [2.45, 2.75) is 20.3 Å². The van der Waals surface area contributed by atoms with Crippen molar-refractivity contribution < 1.29 is 0 Å². The van der Waals surface area contributed by atoms with Crippen LogP contribution < -0.4 is 16.4 Å². The van der Waals surface area contributed by atoms with Crippen LogP contribution in [0.1, 0.15) is 19.4 Å². The molecule has 0 radical (unpaired) electrons. The minimum Gasteiger partial charge on any atom is -0.390 e. The van der Waals surface area contributed by atoms with Crippen molar-refractivity contribution in [3.63, 3.8) is 0 Å². The number of hydrogen-bond donors (Lipinski definition) is 4. The molecule has 34 heavy (non-hydrogen) atoms. The molecule has 3 aromatic carbocycles. The average Bonchev–Trinajstić information content (AvgIpc) is 3.21. The van der Waals surface area contributed by atoms with Gasteiger partial charge in [0.25, 0.3) is 0 Å². The summed E-state index contributed by atoms with van der Waals surface area (Å²) in [4.78, 5) is 7.64. The van der Waals surface area contributed by atoms with Gasteiger partial charge in [0.2, 0.25) is 0 Å². The summed E-state index contributed by atoms with van der Waals surface area (Å²) >= 11 is 18.4. The number of halogens is 3. The Hall–Kier alpha value is -3.11. The van der Waals surface area contributed by atoms with E-state index < -0.39 is 0 Å². The highest BCUT2D eigenvalue weighted by atomic mass is 35.5. The van der Waals surface area contributed by atoms with E-state index in [0.717, 1.165) is 45.2 Å². The maximum absolute atomic E-state index is 7.51. The molecule has 4 rings (SSSR count). The van der Waals surface area contributed by atoms with E-state index in [1.54, 1.807) is 25.4 Å². The standard InChI is InChI=1S/C21H17Cl3N4.C2H4N2.C2H6/c22-13-1-4-20-16(8-13)17-9-15(27-14-2-3-18(23)19(24)10-14)7-12(21(17)28-20)5-6-26-11-25;1-4-2-3;1-2/h1-4,7-11,27-28H,5-6H2,(H2,25,26);4H,1H3;1-2H3. The zero-order valence-electron chi connectivity index (χ0n) is 19.2. The number of hydrogen-bond acceptors (Lipinski definition) is 4. The van der Waals surface area contributed by atoms with Crippen LogP contribution in [0.2, 0.25) is 15.1 Å². The Morgan fingerprint density at radius 2 is 1.74 bits per heavy atom. The molecule has 1 aromatic heterocycles. The maximum atomic E-state index is 7.51. The molecule has 178 valence electrons. The number of fused-ring (bicyclic) bond motifs is 3. The van der Waals surface area contributed by atoms with Gasteiger partial charge in [-0.1, -0.05) is 48.7 Å². The minimum absolute atomic E-state index is 0.504. The zero-order chi connectivity index (χ0) is 25.1. The summed E-state index contributed by atoms with van der Waals surface area (Å²) in [7, 11) is 1.57. The summed E-state index contributed by atoms with van der Waals surface area (Å²) < 4.78 is 0. The zero-order valence-corrected chi connectivity index (χ0v) is 21.5. The van der Waals surface area contributed by atoms with E-state index in [9.17, 15) is 0 Å². The first-order valence-electron chi connectivity index (χ1n) is 10.7. The summed E-state index contributed by atoms with van der Waals surface area (Å²) in [5, 5.41) is 17.1. The van der Waals surface area contributed by atoms with Crippen LogP contribution in [0.25, 0.3) is 21.8 Å². The summed E-state index contributed by atoms with van der Waals surface area (Å²) in [6, 6.07) is 15.5. The molecule has 0 aliphatic carbocycles. The van der Waals surface area contributed by atoms with Crippen LogP contribution in [0.15, 0.2) is 53.5 Å². The Balaban J connectivity index is 0.000000618. The van der Waals surface area contributed by atoms with Crippen LogP contribution in [-0.2, 0) is 6.42 Å². The van der Waals surface area contributed by atoms with E-state index in [1.165, 1.54) is 6.34 Å². The van der Waals surface area contributed by atoms with Crippen molar-refractivity contribution in [3.05, 3.63) is 69.2 Å². The first kappa shape index (κ1) is 27.1. The van der Waals surface area contributed by atoms with E-state index in [4.69, 9.17) is 45.8 Å². The predicted molar refractivity (Wildman–Crippen MR) is 148 cm³/mol. The van der Waals surface area contributed by atoms with Gasteiger partial charge in [-0.3, -0.25) is 4.99 Å². The van der Waals surface area contributed by atoms with E-state index in [1.807, 2.05) is 38.1 Å². The van der Waals surface area contributed by atoms with Crippen LogP contribution in [0, 0.1) is 11.5 Å². The molecule has 0 atom stereocenters. The number of nitriles is 1. The fraction of sp³-hybridized carbons (Fsp3) is 0.200. The molecule has 0 saturated carbocycles. The Kier molecular flexibility index (Phi) is 10.8. The molecule has 0 amide bonds. The van der Waals surface area contributed by atoms with Gasteiger partial charge in [-0.05, 0) is 60.5 Å². The molecule has 0 aliphatic heterocycles. The van der Waals surface area contributed by atoms with E-state index >= 15 is 0 Å². The van der Waals surface area contributed by atoms with Gasteiger partial charge in [0, 0.05) is 51.8 Å². The summed E-state index contributed by atoms with van der Waals surface area (Å²) in [5.41, 5.74) is 10.4. The third-order valence-electron chi connectivity index (χ3n) is 4.69. The molecule has 0 spiro atoms. The molecule has 0 aliphatic rings. The highest BCUT2D eigenvalue weighted by Crippen LogP contribution is 2.34. The van der Waals surface area contributed by atoms with Gasteiger partial charge in [0.15, 0.2) is 6.19 Å². The van der Waals surface area contributed by atoms with Crippen LogP contribution in [0.5, 0.6) is 0 Å². The van der Waals surface area contributed by atoms with Gasteiger partial charge in [0.05, 0.1) is 16.4 Å². The monoisotopic (exact) mass is 516 g/mol. The van der Waals surface area contributed by atoms with E-state index in [-0.39, 0.29) is 0 Å². The van der Waals surface area contributed by atoms with Crippen molar-refractivity contribution in [2.24, 2.45) is 10.7 Å². The van der Waals surface area contributed by atoms with Crippen LogP contribution in [-0.4, -0.2) is 24.9 Å². The maximum Gasteiger partial charge on any atom is 0.176 e. The number of nitrogens with two attached hydrogens (primary N) is 1. The third-order valence-corrected chi connectivity index (χ3v) is 5.66. The lowest BCUT2D eigenvalue weighted by molar-refractivity contribution is 0.977. The lowest BCUT2D eigenvalue weighted by atomic mass is 10.0. The van der Waals surface area contributed by atoms with Crippen LogP contribution in [0.3, 0.4) is 0 Å². The van der Waals surface area contributed by atoms with Gasteiger partial charge in [0.1, 0.15) is 0 Å². The fourth-order valence-corrected chi connectivity index (χ4v) is 3.78. The number of H-pyrrole nitrogens is 1. The van der Waals surface area contributed by atoms with Gasteiger partial charge >= 0.3 is 0 Å². The first-order chi connectivity index (χ1) is 16.5. The SMILES string of the molecule is CC.CNC#N.NC=NCCc1cc(Nc2ccc(Cl)c(Cl)c2)cc2c1[nH]c1ccc(Cl)cc12. The molecule has 4 aromatic rings. The van der Waals surface area contributed by atoms with Crippen LogP contribution >= 0.6 is 34.8 Å². The molecule has 9 heteroatoms. The normalized spacial score (nSPS) is 10.3. The van der Waals surface area contributed by atoms with Gasteiger partial charge in [-0.2, -0.15) is 5.26 Å². The predicted octanol–water partition coefficient (Wildman–Crippen LogP) is 7.27. The third kappa shape index (κ3) is 6.94. The lowest BCUT2D eigenvalue weighted by Gasteiger charge is -2.11. The number of nitrogens with zero attached hydrogens (tertiary/aromatic N) is 2. The summed E-state index contributed by atoms with van der Waals surface area (Å²) in [6.07, 6.45) is 3.77. The van der Waals surface area contributed by atoms with Crippen molar-refractivity contribution in [1.82, 2.24) is 10.3 Å². The molecular formula is C25H27Cl3N6. The lowest BCUT2D eigenvalue weighted by Crippen LogP contribution is -1.97. The molecule has 0 saturated heterocycles. The average molecular weight is 518 g/mol. The molecule has 0 fully saturated rings. The minimum atomic E-state index is 0.504. The Labute approximate surface area is 214 Å². The van der Waals surface area contributed by atoms with E-state index in [2.05, 4.69) is 32.7 Å². The number of rotatable bonds is 5. The molecular weight excluding hydrogens is 491 g/mol. The fourth-order valence-electron chi connectivity index (χ4n) is 3.31. The molecule has 0 bridgehead atoms. The van der Waals surface area contributed by atoms with Crippen LogP contribution in [0.4, 0.5) is 11.4 Å². The second kappa shape index (κ2) is 13.6. The second-order valence-corrected chi connectivity index (χ2v) is 8.04. The smallest absolute Gasteiger partial charge is 0.176 e. The Morgan fingerprint density at radius 3 is 2.38 bits per heavy atom. The molecule has 1 heterocycles. The van der Waals surface area contributed by atoms with Crippen molar-refractivity contribution >= 4 is 74.3 Å². The summed E-state index contributed by atoms with van der Waals surface area (Å²) in [5.74, 6) is 0. The topological polar surface area (TPSA) is 102 Å². The highest BCUT2D eigenvalue weighted by Gasteiger charge is 2.11. The van der Waals surface area contributed by atoms with Crippen molar-refractivity contribution in [2.75, 3.05) is 18.9 Å². The number of benzene rings is 3. The molecule has 5 N–H and O–H groups in total. The van der Waals surface area contributed by atoms with Crippen molar-refractivity contribution in [3.8, 4) is 6.19 Å². The number of nitrogens with one attached hydrogen (secondary N) is 3. The molecule has 0 unspecified atom stereocenters. The van der Waals surface area contributed by atoms with E-state index in [0.29, 0.717) is 21.6 Å². The molecule has 6 nitrogen and oxygen atoms in total. The second-order valence-electron chi connectivity index (χ2n) is 6.79. The Morgan fingerprint density at radius 1 is 1.00 bits per heavy atom. The number of aliphatic imine (C=N–C) groups is 1. The largest absolute Gasteiger partial charge is 0.390 e. The first-order valence-corrected chi connectivity index (χ1v) is 11.8. The van der Waals surface area contributed by atoms with Crippen molar-refractivity contribution in [1.29, 1.82) is 5.26 Å². The number of aromatic amines is 1. The number of anilines is 2. The highest BCUT2D eigenvalue weighted by molar-refractivity contribution is 6.42. The Bertz CT molecular complexity index is 1310. The van der Waals surface area contributed by atoms with Gasteiger partial charge in [-0.25, -0.2) is 0 Å². The summed E-state index contributed by atoms with van der Waals surface area (Å²) in [6.45, 7) is 4.61. The number of aromatic nitrogens is 1. The van der Waals surface area contributed by atoms with Gasteiger partial charge < -0.3 is 21.4 Å². The van der Waals surface area contributed by atoms with Gasteiger partial charge in [-0.15, -0.1) is 0 Å².